The third-order valence-electron chi connectivity index (χ3n) is 9.55. The fraction of sp³-hybridized carbons (Fsp3) is 0.150. The van der Waals surface area contributed by atoms with Crippen molar-refractivity contribution < 1.29 is 13.5 Å². The Kier molecular flexibility index (Phi) is 7.75. The van der Waals surface area contributed by atoms with Gasteiger partial charge in [-0.3, -0.25) is 9.08 Å². The number of imidazole rings is 1. The van der Waals surface area contributed by atoms with Crippen LogP contribution in [0.4, 0.5) is 0 Å². The van der Waals surface area contributed by atoms with Gasteiger partial charge in [0.05, 0.1) is 28.6 Å². The van der Waals surface area contributed by atoms with E-state index in [0.717, 1.165) is 50.4 Å². The highest BCUT2D eigenvalue weighted by atomic mass is 32.2. The van der Waals surface area contributed by atoms with E-state index in [1.165, 1.54) is 4.31 Å². The van der Waals surface area contributed by atoms with Crippen molar-refractivity contribution in [1.82, 2.24) is 23.5 Å². The molecule has 0 amide bonds. The molecule has 0 saturated carbocycles. The summed E-state index contributed by atoms with van der Waals surface area (Å²) in [5.41, 5.74) is 7.87. The Hall–Kier alpha value is -5.35. The molecular formula is C40H35N5O3S. The van der Waals surface area contributed by atoms with Crippen molar-refractivity contribution in [3.05, 3.63) is 168 Å². The molecule has 1 fully saturated rings. The minimum atomic E-state index is -3.68. The molecule has 1 saturated heterocycles. The highest BCUT2D eigenvalue weighted by molar-refractivity contribution is 7.89. The topological polar surface area (TPSA) is 92.7 Å². The third-order valence-corrected chi connectivity index (χ3v) is 11.4. The van der Waals surface area contributed by atoms with E-state index in [9.17, 15) is 13.5 Å². The molecule has 0 unspecified atom stereocenters. The molecule has 8 nitrogen and oxygen atoms in total. The van der Waals surface area contributed by atoms with Crippen LogP contribution in [0.15, 0.2) is 151 Å². The van der Waals surface area contributed by atoms with E-state index in [1.54, 1.807) is 18.3 Å². The standard InChI is InChI=1S/C40H35N5O3S/c1-29-37(28-45(42-29)40(32-11-5-2-6-12-32,33-13-7-3-8-14-33)34-15-9-4-10-16-34)31-19-22-39-41-25-38(44(39)26-31)30-17-20-36(21-18-30)49(47,48)43-24-23-35(46)27-43/h2-22,25-26,28,35,46H,23-24,27H2,1H3/t35-/m1/s1. The number of β-amino-alcohol motifs (C(OH)–C–C–N with tert-alkyl or cyclic N) is 1. The van der Waals surface area contributed by atoms with Gasteiger partial charge in [-0.05, 0) is 54.3 Å². The van der Waals surface area contributed by atoms with Crippen LogP contribution in [0.25, 0.3) is 28.0 Å². The number of fused-ring (bicyclic) bond motifs is 1. The molecule has 0 spiro atoms. The molecule has 244 valence electrons. The lowest BCUT2D eigenvalue weighted by molar-refractivity contribution is 0.189. The fourth-order valence-electron chi connectivity index (χ4n) is 7.08. The summed E-state index contributed by atoms with van der Waals surface area (Å²) in [7, 11) is -3.68. The van der Waals surface area contributed by atoms with Crippen LogP contribution < -0.4 is 0 Å². The van der Waals surface area contributed by atoms with Crippen LogP contribution >= 0.6 is 0 Å². The number of aliphatic hydroxyl groups excluding tert-OH is 1. The number of sulfonamides is 1. The van der Waals surface area contributed by atoms with Gasteiger partial charge in [0.2, 0.25) is 10.0 Å². The lowest BCUT2D eigenvalue weighted by Crippen LogP contribution is -2.38. The highest BCUT2D eigenvalue weighted by Gasteiger charge is 2.40. The van der Waals surface area contributed by atoms with Gasteiger partial charge in [-0.15, -0.1) is 0 Å². The second-order valence-corrected chi connectivity index (χ2v) is 14.4. The first-order chi connectivity index (χ1) is 23.9. The largest absolute Gasteiger partial charge is 0.392 e. The maximum absolute atomic E-state index is 13.2. The average Bonchev–Trinajstić information content (AvgIpc) is 3.88. The Labute approximate surface area is 285 Å². The maximum atomic E-state index is 13.2. The van der Waals surface area contributed by atoms with Gasteiger partial charge in [0.25, 0.3) is 0 Å². The highest BCUT2D eigenvalue weighted by Crippen LogP contribution is 2.42. The molecule has 49 heavy (non-hydrogen) atoms. The van der Waals surface area contributed by atoms with Crippen LogP contribution in [0, 0.1) is 6.92 Å². The Balaban J connectivity index is 1.22. The Bertz CT molecular complexity index is 2260. The van der Waals surface area contributed by atoms with Crippen LogP contribution in [0.5, 0.6) is 0 Å². The van der Waals surface area contributed by atoms with Gasteiger partial charge >= 0.3 is 0 Å². The zero-order valence-corrected chi connectivity index (χ0v) is 27.8. The first kappa shape index (κ1) is 31.0. The normalized spacial score (nSPS) is 15.6. The van der Waals surface area contributed by atoms with Gasteiger partial charge in [-0.25, -0.2) is 13.4 Å². The van der Waals surface area contributed by atoms with Gasteiger partial charge in [0, 0.05) is 42.2 Å². The quantitative estimate of drug-likeness (QED) is 0.181. The fourth-order valence-corrected chi connectivity index (χ4v) is 8.57. The summed E-state index contributed by atoms with van der Waals surface area (Å²) >= 11 is 0. The van der Waals surface area contributed by atoms with E-state index in [2.05, 4.69) is 101 Å². The molecule has 9 heteroatoms. The maximum Gasteiger partial charge on any atom is 0.243 e. The Morgan fingerprint density at radius 3 is 1.86 bits per heavy atom. The molecule has 8 rings (SSSR count). The van der Waals surface area contributed by atoms with Crippen LogP contribution in [-0.2, 0) is 15.6 Å². The van der Waals surface area contributed by atoms with E-state index in [-0.39, 0.29) is 11.4 Å². The molecule has 0 aliphatic carbocycles. The van der Waals surface area contributed by atoms with Gasteiger partial charge in [-0.1, -0.05) is 103 Å². The van der Waals surface area contributed by atoms with Crippen molar-refractivity contribution in [3.8, 4) is 22.4 Å². The summed E-state index contributed by atoms with van der Waals surface area (Å²) in [5.74, 6) is 0. The SMILES string of the molecule is Cc1nn(C(c2ccccc2)(c2ccccc2)c2ccccc2)cc1-c1ccc2ncc(-c3ccc(S(=O)(=O)N4CC[C@@H](O)C4)cc3)n2c1. The van der Waals surface area contributed by atoms with Crippen LogP contribution in [0.1, 0.15) is 28.8 Å². The number of rotatable bonds is 8. The van der Waals surface area contributed by atoms with Gasteiger partial charge in [-0.2, -0.15) is 9.40 Å². The van der Waals surface area contributed by atoms with Crippen LogP contribution in [0.2, 0.25) is 0 Å². The summed E-state index contributed by atoms with van der Waals surface area (Å²) in [5, 5.41) is 15.1. The van der Waals surface area contributed by atoms with Crippen molar-refractivity contribution in [3.63, 3.8) is 0 Å². The summed E-state index contributed by atoms with van der Waals surface area (Å²) in [6.07, 6.45) is 5.84. The minimum Gasteiger partial charge on any atom is -0.392 e. The van der Waals surface area contributed by atoms with Crippen molar-refractivity contribution in [1.29, 1.82) is 0 Å². The zero-order chi connectivity index (χ0) is 33.6. The molecule has 4 heterocycles. The van der Waals surface area contributed by atoms with E-state index in [1.807, 2.05) is 47.7 Å². The molecule has 1 aliphatic heterocycles. The Morgan fingerprint density at radius 1 is 0.735 bits per heavy atom. The third kappa shape index (κ3) is 5.27. The predicted octanol–water partition coefficient (Wildman–Crippen LogP) is 6.77. The monoisotopic (exact) mass is 665 g/mol. The number of nitrogens with zero attached hydrogens (tertiary/aromatic N) is 5. The molecule has 7 aromatic rings. The average molecular weight is 666 g/mol. The van der Waals surface area contributed by atoms with Crippen molar-refractivity contribution >= 4 is 15.7 Å². The molecule has 1 N–H and O–H groups in total. The smallest absolute Gasteiger partial charge is 0.243 e. The number of hydrogen-bond donors (Lipinski definition) is 1. The van der Waals surface area contributed by atoms with E-state index in [0.29, 0.717) is 13.0 Å². The number of aliphatic hydroxyl groups is 1. The number of pyridine rings is 1. The number of aryl methyl sites for hydroxylation is 1. The molecule has 4 aromatic carbocycles. The molecule has 0 radical (unpaired) electrons. The second-order valence-electron chi connectivity index (χ2n) is 12.5. The van der Waals surface area contributed by atoms with Crippen molar-refractivity contribution in [2.45, 2.75) is 29.9 Å². The number of benzene rings is 4. The van der Waals surface area contributed by atoms with Gasteiger partial charge in [0.15, 0.2) is 0 Å². The first-order valence-electron chi connectivity index (χ1n) is 16.3. The number of aromatic nitrogens is 4. The van der Waals surface area contributed by atoms with Crippen molar-refractivity contribution in [2.75, 3.05) is 13.1 Å². The lowest BCUT2D eigenvalue weighted by Gasteiger charge is -2.36. The predicted molar refractivity (Wildman–Crippen MR) is 191 cm³/mol. The Morgan fingerprint density at radius 2 is 1.31 bits per heavy atom. The lowest BCUT2D eigenvalue weighted by atomic mass is 9.77. The van der Waals surface area contributed by atoms with Gasteiger partial charge < -0.3 is 5.11 Å². The summed E-state index contributed by atoms with van der Waals surface area (Å²) in [4.78, 5) is 4.86. The molecule has 1 aliphatic rings. The van der Waals surface area contributed by atoms with Crippen molar-refractivity contribution in [2.24, 2.45) is 0 Å². The van der Waals surface area contributed by atoms with E-state index < -0.39 is 21.7 Å². The molecule has 3 aromatic heterocycles. The van der Waals surface area contributed by atoms with E-state index in [4.69, 9.17) is 5.10 Å². The molecule has 1 atom stereocenters. The summed E-state index contributed by atoms with van der Waals surface area (Å²) in [6, 6.07) is 42.4. The number of hydrogen-bond acceptors (Lipinski definition) is 5. The van der Waals surface area contributed by atoms with E-state index >= 15 is 0 Å². The molecule has 0 bridgehead atoms. The van der Waals surface area contributed by atoms with Crippen LogP contribution in [0.3, 0.4) is 0 Å². The van der Waals surface area contributed by atoms with Crippen LogP contribution in [-0.4, -0.2) is 56.2 Å². The minimum absolute atomic E-state index is 0.124. The molecular weight excluding hydrogens is 631 g/mol. The summed E-state index contributed by atoms with van der Waals surface area (Å²) in [6.45, 7) is 2.48. The first-order valence-corrected chi connectivity index (χ1v) is 17.8. The van der Waals surface area contributed by atoms with Gasteiger partial charge in [0.1, 0.15) is 11.2 Å². The second kappa shape index (κ2) is 12.3. The zero-order valence-electron chi connectivity index (χ0n) is 27.0. The summed E-state index contributed by atoms with van der Waals surface area (Å²) < 4.78 is 31.8.